The number of esters is 1. The van der Waals surface area contributed by atoms with Crippen LogP contribution in [-0.4, -0.2) is 32.5 Å². The van der Waals surface area contributed by atoms with Gasteiger partial charge in [0.15, 0.2) is 15.6 Å². The molecule has 2 heterocycles. The van der Waals surface area contributed by atoms with Crippen LogP contribution >= 0.6 is 0 Å². The zero-order valence-electron chi connectivity index (χ0n) is 16.9. The van der Waals surface area contributed by atoms with Crippen molar-refractivity contribution in [1.82, 2.24) is 5.32 Å². The van der Waals surface area contributed by atoms with Crippen LogP contribution in [0.15, 0.2) is 80.6 Å². The Morgan fingerprint density at radius 2 is 1.90 bits per heavy atom. The highest BCUT2D eigenvalue weighted by molar-refractivity contribution is 7.91. The third-order valence-corrected chi connectivity index (χ3v) is 6.38. The molecule has 1 aliphatic rings. The summed E-state index contributed by atoms with van der Waals surface area (Å²) in [7, 11) is -3.86. The van der Waals surface area contributed by atoms with Gasteiger partial charge in [-0.25, -0.2) is 13.2 Å². The summed E-state index contributed by atoms with van der Waals surface area (Å²) in [5.41, 5.74) is 0.0395. The quantitative estimate of drug-likeness (QED) is 0.514. The Hall–Kier alpha value is -3.64. The Bertz CT molecular complexity index is 1200. The van der Waals surface area contributed by atoms with Gasteiger partial charge in [-0.3, -0.25) is 4.79 Å². The van der Waals surface area contributed by atoms with Gasteiger partial charge >= 0.3 is 5.97 Å². The van der Waals surface area contributed by atoms with Crippen molar-refractivity contribution in [3.05, 3.63) is 77.0 Å². The van der Waals surface area contributed by atoms with Crippen LogP contribution in [0.1, 0.15) is 24.4 Å². The summed E-state index contributed by atoms with van der Waals surface area (Å²) < 4.78 is 36.2. The minimum atomic E-state index is -3.86. The predicted molar refractivity (Wildman–Crippen MR) is 110 cm³/mol. The van der Waals surface area contributed by atoms with Crippen LogP contribution in [0, 0.1) is 17.2 Å². The molecule has 1 aromatic carbocycles. The number of nitriles is 1. The Morgan fingerprint density at radius 3 is 2.48 bits per heavy atom. The molecule has 1 aromatic heterocycles. The fourth-order valence-electron chi connectivity index (χ4n) is 3.33. The zero-order valence-corrected chi connectivity index (χ0v) is 17.7. The van der Waals surface area contributed by atoms with Gasteiger partial charge in [-0.15, -0.1) is 0 Å². The molecule has 0 radical (unpaired) electrons. The second-order valence-electron chi connectivity index (χ2n) is 6.73. The molecule has 0 saturated heterocycles. The van der Waals surface area contributed by atoms with E-state index in [1.165, 1.54) is 37.5 Å². The maximum Gasteiger partial charge on any atom is 0.336 e. The molecule has 0 saturated carbocycles. The number of nitrogens with zero attached hydrogens (tertiary/aromatic N) is 1. The smallest absolute Gasteiger partial charge is 0.336 e. The number of hydrogen-bond acceptors (Lipinski definition) is 8. The van der Waals surface area contributed by atoms with Gasteiger partial charge in [-0.1, -0.05) is 18.2 Å². The van der Waals surface area contributed by atoms with Gasteiger partial charge < -0.3 is 14.5 Å². The van der Waals surface area contributed by atoms with Crippen LogP contribution in [0.4, 0.5) is 0 Å². The van der Waals surface area contributed by atoms with E-state index in [0.29, 0.717) is 0 Å². The highest BCUT2D eigenvalue weighted by atomic mass is 32.2. The minimum absolute atomic E-state index is 0.00724. The van der Waals surface area contributed by atoms with E-state index in [2.05, 4.69) is 5.32 Å². The van der Waals surface area contributed by atoms with Crippen molar-refractivity contribution in [3.63, 3.8) is 0 Å². The summed E-state index contributed by atoms with van der Waals surface area (Å²) in [4.78, 5) is 26.1. The number of rotatable bonds is 7. The number of furan rings is 1. The Labute approximate surface area is 179 Å². The van der Waals surface area contributed by atoms with Crippen LogP contribution in [-0.2, 0) is 19.4 Å². The van der Waals surface area contributed by atoms with Gasteiger partial charge in [0.1, 0.15) is 0 Å². The number of allylic oxidation sites excluding steroid dienone is 2. The van der Waals surface area contributed by atoms with Crippen LogP contribution in [0.2, 0.25) is 0 Å². The topological polar surface area (TPSA) is 126 Å². The number of carbonyl (C=O) groups is 2. The van der Waals surface area contributed by atoms with E-state index in [-0.39, 0.29) is 39.8 Å². The van der Waals surface area contributed by atoms with E-state index in [4.69, 9.17) is 9.15 Å². The molecule has 1 unspecified atom stereocenters. The number of ketones is 1. The third-order valence-electron chi connectivity index (χ3n) is 4.72. The lowest BCUT2D eigenvalue weighted by Crippen LogP contribution is -2.37. The van der Waals surface area contributed by atoms with E-state index < -0.39 is 33.3 Å². The monoisotopic (exact) mass is 440 g/mol. The van der Waals surface area contributed by atoms with E-state index in [1.54, 1.807) is 25.1 Å². The molecule has 0 bridgehead atoms. The predicted octanol–water partition coefficient (Wildman–Crippen LogP) is 2.77. The first-order valence-electron chi connectivity index (χ1n) is 9.43. The molecule has 31 heavy (non-hydrogen) atoms. The fourth-order valence-corrected chi connectivity index (χ4v) is 4.68. The summed E-state index contributed by atoms with van der Waals surface area (Å²) in [6.45, 7) is 3.14. The molecule has 3 rings (SSSR count). The normalized spacial score (nSPS) is 16.5. The minimum Gasteiger partial charge on any atom is -0.463 e. The Kier molecular flexibility index (Phi) is 6.42. The maximum atomic E-state index is 13.2. The molecule has 1 aliphatic heterocycles. The summed E-state index contributed by atoms with van der Waals surface area (Å²) in [6, 6.07) is 12.6. The highest BCUT2D eigenvalue weighted by Crippen LogP contribution is 2.34. The summed E-state index contributed by atoms with van der Waals surface area (Å²) in [5.74, 6) is -3.50. The molecule has 160 valence electrons. The lowest BCUT2D eigenvalue weighted by Gasteiger charge is -2.28. The molecular formula is C22H20N2O6S. The lowest BCUT2D eigenvalue weighted by atomic mass is 9.82. The van der Waals surface area contributed by atoms with Crippen molar-refractivity contribution in [2.45, 2.75) is 18.7 Å². The average Bonchev–Trinajstić information content (AvgIpc) is 3.28. The first kappa shape index (κ1) is 22.1. The maximum absolute atomic E-state index is 13.2. The Balaban J connectivity index is 2.17. The molecule has 0 fully saturated rings. The summed E-state index contributed by atoms with van der Waals surface area (Å²) in [6.07, 6.45) is 1.30. The molecule has 1 atom stereocenters. The first-order chi connectivity index (χ1) is 14.8. The second-order valence-corrected chi connectivity index (χ2v) is 8.72. The van der Waals surface area contributed by atoms with Gasteiger partial charge in [0, 0.05) is 11.4 Å². The molecular weight excluding hydrogens is 420 g/mol. The zero-order chi connectivity index (χ0) is 22.6. The number of ether oxygens (including phenoxy) is 1. The van der Waals surface area contributed by atoms with E-state index in [0.717, 1.165) is 0 Å². The fraction of sp³-hybridized carbons (Fsp3) is 0.227. The van der Waals surface area contributed by atoms with Gasteiger partial charge in [-0.05, 0) is 38.1 Å². The molecule has 1 N–H and O–H groups in total. The second kappa shape index (κ2) is 9.02. The van der Waals surface area contributed by atoms with Gasteiger partial charge in [0.25, 0.3) is 0 Å². The van der Waals surface area contributed by atoms with Gasteiger partial charge in [-0.2, -0.15) is 5.26 Å². The standard InChI is InChI=1S/C22H20N2O6S/c1-3-29-22(26)20-17(13-31(27,28)15-8-5-4-6-9-15)24-14(2)16(12-23)19(20)21(25)18-10-7-11-30-18/h4-11,19,24H,3,13H2,1-2H3. The van der Waals surface area contributed by atoms with Crippen LogP contribution in [0.5, 0.6) is 0 Å². The summed E-state index contributed by atoms with van der Waals surface area (Å²) >= 11 is 0. The molecule has 0 spiro atoms. The molecule has 9 heteroatoms. The third kappa shape index (κ3) is 4.44. The van der Waals surface area contributed by atoms with Crippen molar-refractivity contribution in [2.24, 2.45) is 5.92 Å². The van der Waals surface area contributed by atoms with Crippen molar-refractivity contribution in [2.75, 3.05) is 12.4 Å². The number of carbonyl (C=O) groups excluding carboxylic acids is 2. The first-order valence-corrected chi connectivity index (χ1v) is 11.1. The molecule has 8 nitrogen and oxygen atoms in total. The van der Waals surface area contributed by atoms with E-state index in [1.807, 2.05) is 6.07 Å². The number of hydrogen-bond donors (Lipinski definition) is 1. The summed E-state index contributed by atoms with van der Waals surface area (Å²) in [5, 5.41) is 12.5. The van der Waals surface area contributed by atoms with Crippen LogP contribution in [0.3, 0.4) is 0 Å². The Morgan fingerprint density at radius 1 is 1.19 bits per heavy atom. The van der Waals surface area contributed by atoms with Crippen LogP contribution < -0.4 is 5.32 Å². The number of Topliss-reactive ketones (excluding diaryl/α,β-unsaturated/α-hetero) is 1. The number of sulfone groups is 1. The van der Waals surface area contributed by atoms with Gasteiger partial charge in [0.2, 0.25) is 5.78 Å². The van der Waals surface area contributed by atoms with Crippen molar-refractivity contribution in [3.8, 4) is 6.07 Å². The molecule has 0 amide bonds. The molecule has 2 aromatic rings. The SMILES string of the molecule is CCOC(=O)C1=C(CS(=O)(=O)c2ccccc2)NC(C)=C(C#N)C1C(=O)c1ccco1. The number of benzene rings is 1. The average molecular weight is 440 g/mol. The largest absolute Gasteiger partial charge is 0.463 e. The molecule has 0 aliphatic carbocycles. The van der Waals surface area contributed by atoms with Crippen molar-refractivity contribution < 1.29 is 27.2 Å². The van der Waals surface area contributed by atoms with E-state index in [9.17, 15) is 23.3 Å². The number of dihydropyridines is 1. The lowest BCUT2D eigenvalue weighted by molar-refractivity contribution is -0.139. The van der Waals surface area contributed by atoms with Crippen molar-refractivity contribution in [1.29, 1.82) is 5.26 Å². The van der Waals surface area contributed by atoms with Crippen molar-refractivity contribution >= 4 is 21.6 Å². The highest BCUT2D eigenvalue weighted by Gasteiger charge is 2.41. The van der Waals surface area contributed by atoms with E-state index >= 15 is 0 Å². The van der Waals surface area contributed by atoms with Crippen LogP contribution in [0.25, 0.3) is 0 Å². The van der Waals surface area contributed by atoms with Gasteiger partial charge in [0.05, 0.1) is 46.7 Å². The number of nitrogens with one attached hydrogen (secondary N) is 1.